The lowest BCUT2D eigenvalue weighted by molar-refractivity contribution is 0.0861. The second-order valence-corrected chi connectivity index (χ2v) is 5.49. The molecule has 1 aliphatic heterocycles. The summed E-state index contributed by atoms with van der Waals surface area (Å²) in [6.45, 7) is 0. The Labute approximate surface area is 130 Å². The van der Waals surface area contributed by atoms with Crippen molar-refractivity contribution in [2.24, 2.45) is 5.16 Å². The maximum absolute atomic E-state index is 12.4. The minimum Gasteiger partial charge on any atom is -0.387 e. The van der Waals surface area contributed by atoms with E-state index in [9.17, 15) is 4.79 Å². The molecule has 0 aliphatic carbocycles. The molecule has 1 unspecified atom stereocenters. The first-order valence-electron chi connectivity index (χ1n) is 6.58. The minimum atomic E-state index is -0.158. The van der Waals surface area contributed by atoms with Crippen molar-refractivity contribution in [2.45, 2.75) is 12.5 Å². The molecule has 0 aromatic heterocycles. The zero-order valence-corrected chi connectivity index (χ0v) is 12.7. The summed E-state index contributed by atoms with van der Waals surface area (Å²) in [6.07, 6.45) is 2.31. The summed E-state index contributed by atoms with van der Waals surface area (Å²) >= 11 is 3.39. The van der Waals surface area contributed by atoms with Gasteiger partial charge in [0.25, 0.3) is 5.91 Å². The molecule has 2 aromatic rings. The molecule has 1 N–H and O–H groups in total. The Balaban J connectivity index is 1.85. The van der Waals surface area contributed by atoms with E-state index in [1.54, 1.807) is 12.3 Å². The first kappa shape index (κ1) is 13.8. The van der Waals surface area contributed by atoms with E-state index in [1.165, 1.54) is 0 Å². The summed E-state index contributed by atoms with van der Waals surface area (Å²) in [4.78, 5) is 17.7. The van der Waals surface area contributed by atoms with Gasteiger partial charge in [-0.2, -0.15) is 0 Å². The molecular formula is C16H13BrN2O2. The SMILES string of the molecule is O=C(Nc1ccccc1C1CC=NO1)c1ccccc1Br. The predicted octanol–water partition coefficient (Wildman–Crippen LogP) is 4.15. The van der Waals surface area contributed by atoms with Gasteiger partial charge in [0.2, 0.25) is 0 Å². The molecule has 5 heteroatoms. The molecule has 0 spiro atoms. The molecule has 0 saturated carbocycles. The van der Waals surface area contributed by atoms with Crippen molar-refractivity contribution < 1.29 is 9.63 Å². The number of hydrogen-bond donors (Lipinski definition) is 1. The van der Waals surface area contributed by atoms with E-state index < -0.39 is 0 Å². The van der Waals surface area contributed by atoms with Crippen molar-refractivity contribution in [3.63, 3.8) is 0 Å². The van der Waals surface area contributed by atoms with Crippen LogP contribution in [0.4, 0.5) is 5.69 Å². The highest BCUT2D eigenvalue weighted by atomic mass is 79.9. The van der Waals surface area contributed by atoms with Gasteiger partial charge in [-0.25, -0.2) is 0 Å². The fourth-order valence-corrected chi connectivity index (χ4v) is 2.67. The van der Waals surface area contributed by atoms with Crippen LogP contribution in [-0.2, 0) is 4.84 Å². The molecule has 4 nitrogen and oxygen atoms in total. The second-order valence-electron chi connectivity index (χ2n) is 4.64. The van der Waals surface area contributed by atoms with E-state index in [0.29, 0.717) is 12.0 Å². The third-order valence-corrected chi connectivity index (χ3v) is 3.95. The number of carbonyl (C=O) groups excluding carboxylic acids is 1. The zero-order chi connectivity index (χ0) is 14.7. The number of halogens is 1. The number of hydrogen-bond acceptors (Lipinski definition) is 3. The summed E-state index contributed by atoms with van der Waals surface area (Å²) in [6, 6.07) is 14.9. The zero-order valence-electron chi connectivity index (χ0n) is 11.1. The lowest BCUT2D eigenvalue weighted by Crippen LogP contribution is -2.14. The van der Waals surface area contributed by atoms with Gasteiger partial charge in [-0.15, -0.1) is 0 Å². The first-order chi connectivity index (χ1) is 10.3. The molecule has 21 heavy (non-hydrogen) atoms. The average Bonchev–Trinajstić information content (AvgIpc) is 3.02. The summed E-state index contributed by atoms with van der Waals surface area (Å²) < 4.78 is 0.764. The number of benzene rings is 2. The number of anilines is 1. The number of nitrogens with zero attached hydrogens (tertiary/aromatic N) is 1. The predicted molar refractivity (Wildman–Crippen MR) is 85.5 cm³/mol. The van der Waals surface area contributed by atoms with Gasteiger partial charge in [0, 0.05) is 28.4 Å². The Kier molecular flexibility index (Phi) is 4.01. The van der Waals surface area contributed by atoms with Gasteiger partial charge in [-0.1, -0.05) is 35.5 Å². The smallest absolute Gasteiger partial charge is 0.256 e. The van der Waals surface area contributed by atoms with Gasteiger partial charge < -0.3 is 10.2 Å². The summed E-state index contributed by atoms with van der Waals surface area (Å²) in [5.41, 5.74) is 2.26. The van der Waals surface area contributed by atoms with Crippen LogP contribution in [0.1, 0.15) is 28.4 Å². The van der Waals surface area contributed by atoms with Gasteiger partial charge in [-0.05, 0) is 34.1 Å². The van der Waals surface area contributed by atoms with Crippen LogP contribution in [0.25, 0.3) is 0 Å². The van der Waals surface area contributed by atoms with Crippen molar-refractivity contribution in [2.75, 3.05) is 5.32 Å². The first-order valence-corrected chi connectivity index (χ1v) is 7.37. The summed E-state index contributed by atoms with van der Waals surface area (Å²) in [5.74, 6) is -0.158. The molecule has 0 bridgehead atoms. The average molecular weight is 345 g/mol. The van der Waals surface area contributed by atoms with E-state index >= 15 is 0 Å². The Morgan fingerprint density at radius 3 is 2.71 bits per heavy atom. The quantitative estimate of drug-likeness (QED) is 0.909. The Morgan fingerprint density at radius 2 is 1.95 bits per heavy atom. The molecule has 1 atom stereocenters. The Bertz CT molecular complexity index is 692. The van der Waals surface area contributed by atoms with E-state index in [4.69, 9.17) is 4.84 Å². The largest absolute Gasteiger partial charge is 0.387 e. The molecule has 1 heterocycles. The van der Waals surface area contributed by atoms with Gasteiger partial charge in [-0.3, -0.25) is 4.79 Å². The highest BCUT2D eigenvalue weighted by Gasteiger charge is 2.20. The van der Waals surface area contributed by atoms with Crippen molar-refractivity contribution in [1.82, 2.24) is 0 Å². The van der Waals surface area contributed by atoms with E-state index in [0.717, 1.165) is 15.7 Å². The normalized spacial score (nSPS) is 16.5. The molecular weight excluding hydrogens is 332 g/mol. The topological polar surface area (TPSA) is 50.7 Å². The van der Waals surface area contributed by atoms with Crippen LogP contribution < -0.4 is 5.32 Å². The third kappa shape index (κ3) is 2.97. The number of para-hydroxylation sites is 1. The fraction of sp³-hybridized carbons (Fsp3) is 0.125. The molecule has 1 aliphatic rings. The Morgan fingerprint density at radius 1 is 1.19 bits per heavy atom. The van der Waals surface area contributed by atoms with Crippen LogP contribution in [0, 0.1) is 0 Å². The van der Waals surface area contributed by atoms with Crippen LogP contribution in [-0.4, -0.2) is 12.1 Å². The summed E-state index contributed by atoms with van der Waals surface area (Å²) in [5, 5.41) is 6.73. The number of oxime groups is 1. The van der Waals surface area contributed by atoms with Crippen molar-refractivity contribution in [1.29, 1.82) is 0 Å². The number of rotatable bonds is 3. The molecule has 2 aromatic carbocycles. The van der Waals surface area contributed by atoms with Gasteiger partial charge >= 0.3 is 0 Å². The van der Waals surface area contributed by atoms with Crippen molar-refractivity contribution in [3.8, 4) is 0 Å². The monoisotopic (exact) mass is 344 g/mol. The lowest BCUT2D eigenvalue weighted by Gasteiger charge is -2.15. The summed E-state index contributed by atoms with van der Waals surface area (Å²) in [7, 11) is 0. The van der Waals surface area contributed by atoms with Gasteiger partial charge in [0.05, 0.1) is 5.56 Å². The maximum atomic E-state index is 12.4. The van der Waals surface area contributed by atoms with Gasteiger partial charge in [0.1, 0.15) is 0 Å². The number of nitrogens with one attached hydrogen (secondary N) is 1. The Hall–Kier alpha value is -2.14. The lowest BCUT2D eigenvalue weighted by atomic mass is 10.0. The van der Waals surface area contributed by atoms with Crippen LogP contribution in [0.3, 0.4) is 0 Å². The van der Waals surface area contributed by atoms with Gasteiger partial charge in [0.15, 0.2) is 6.10 Å². The van der Waals surface area contributed by atoms with E-state index in [2.05, 4.69) is 26.4 Å². The molecule has 3 rings (SSSR count). The third-order valence-electron chi connectivity index (χ3n) is 3.26. The van der Waals surface area contributed by atoms with E-state index in [1.807, 2.05) is 42.5 Å². The standard InChI is InChI=1S/C16H13BrN2O2/c17-13-7-3-1-5-11(13)16(20)19-14-8-4-2-6-12(14)15-9-10-18-21-15/h1-8,10,15H,9H2,(H,19,20). The highest BCUT2D eigenvalue weighted by Crippen LogP contribution is 2.31. The van der Waals surface area contributed by atoms with Crippen molar-refractivity contribution >= 4 is 33.7 Å². The van der Waals surface area contributed by atoms with Crippen LogP contribution in [0.2, 0.25) is 0 Å². The minimum absolute atomic E-state index is 0.138. The molecule has 106 valence electrons. The molecule has 0 radical (unpaired) electrons. The van der Waals surface area contributed by atoms with Crippen molar-refractivity contribution in [3.05, 3.63) is 64.1 Å². The fourth-order valence-electron chi connectivity index (χ4n) is 2.21. The number of carbonyl (C=O) groups is 1. The molecule has 0 fully saturated rings. The van der Waals surface area contributed by atoms with Crippen LogP contribution >= 0.6 is 15.9 Å². The highest BCUT2D eigenvalue weighted by molar-refractivity contribution is 9.10. The second kappa shape index (κ2) is 6.10. The number of amides is 1. The molecule has 0 saturated heterocycles. The molecule has 1 amide bonds. The maximum Gasteiger partial charge on any atom is 0.256 e. The van der Waals surface area contributed by atoms with Crippen LogP contribution in [0.15, 0.2) is 58.2 Å². The van der Waals surface area contributed by atoms with Crippen LogP contribution in [0.5, 0.6) is 0 Å². The van der Waals surface area contributed by atoms with E-state index in [-0.39, 0.29) is 12.0 Å².